The molecule has 0 aliphatic carbocycles. The highest BCUT2D eigenvalue weighted by atomic mass is 35.5. The fourth-order valence-corrected chi connectivity index (χ4v) is 2.37. The number of aromatic carboxylic acids is 1. The van der Waals surface area contributed by atoms with Crippen LogP contribution in [0.25, 0.3) is 16.7 Å². The van der Waals surface area contributed by atoms with Crippen LogP contribution in [0.5, 0.6) is 0 Å². The lowest BCUT2D eigenvalue weighted by Crippen LogP contribution is -2.10. The van der Waals surface area contributed by atoms with E-state index in [1.807, 2.05) is 24.3 Å². The van der Waals surface area contributed by atoms with Gasteiger partial charge in [-0.25, -0.2) is 14.5 Å². The van der Waals surface area contributed by atoms with E-state index in [0.29, 0.717) is 21.9 Å². The molecule has 5 nitrogen and oxygen atoms in total. The quantitative estimate of drug-likeness (QED) is 0.788. The molecule has 0 saturated heterocycles. The van der Waals surface area contributed by atoms with Crippen molar-refractivity contribution in [2.75, 3.05) is 0 Å². The first-order valence-corrected chi connectivity index (χ1v) is 6.72. The van der Waals surface area contributed by atoms with Crippen molar-refractivity contribution in [3.63, 3.8) is 0 Å². The Morgan fingerprint density at radius 1 is 1.29 bits per heavy atom. The van der Waals surface area contributed by atoms with Gasteiger partial charge in [0.2, 0.25) is 0 Å². The van der Waals surface area contributed by atoms with E-state index in [-0.39, 0.29) is 11.4 Å². The lowest BCUT2D eigenvalue weighted by molar-refractivity contribution is 0.0696. The average Bonchev–Trinajstić information content (AvgIpc) is 2.73. The first-order valence-electron chi connectivity index (χ1n) is 6.34. The van der Waals surface area contributed by atoms with E-state index in [0.717, 1.165) is 5.39 Å². The molecule has 2 aromatic heterocycles. The average molecular weight is 302 g/mol. The van der Waals surface area contributed by atoms with Crippen molar-refractivity contribution in [2.45, 2.75) is 13.8 Å². The van der Waals surface area contributed by atoms with Crippen molar-refractivity contribution >= 4 is 28.5 Å². The number of aryl methyl sites for hydroxylation is 1. The number of halogens is 1. The van der Waals surface area contributed by atoms with Gasteiger partial charge in [-0.05, 0) is 26.0 Å². The Morgan fingerprint density at radius 3 is 2.62 bits per heavy atom. The molecule has 2 heterocycles. The topological polar surface area (TPSA) is 68.0 Å². The maximum absolute atomic E-state index is 11.5. The van der Waals surface area contributed by atoms with Crippen LogP contribution in [-0.4, -0.2) is 25.8 Å². The number of hydrogen-bond acceptors (Lipinski definition) is 3. The number of para-hydroxylation sites is 1. The third kappa shape index (κ3) is 2.15. The van der Waals surface area contributed by atoms with Gasteiger partial charge in [0.15, 0.2) is 5.82 Å². The summed E-state index contributed by atoms with van der Waals surface area (Å²) >= 11 is 6.14. The summed E-state index contributed by atoms with van der Waals surface area (Å²) in [5.74, 6) is -0.777. The number of carboxylic acids is 1. The van der Waals surface area contributed by atoms with Gasteiger partial charge in [-0.2, -0.15) is 5.10 Å². The van der Waals surface area contributed by atoms with Crippen molar-refractivity contribution in [1.82, 2.24) is 14.8 Å². The molecule has 0 bridgehead atoms. The predicted octanol–water partition coefficient (Wildman–Crippen LogP) is 3.39. The molecule has 0 amide bonds. The number of aromatic nitrogens is 3. The van der Waals surface area contributed by atoms with Gasteiger partial charge < -0.3 is 5.11 Å². The molecule has 21 heavy (non-hydrogen) atoms. The number of hydrogen-bond donors (Lipinski definition) is 1. The molecule has 1 N–H and O–H groups in total. The van der Waals surface area contributed by atoms with Crippen LogP contribution in [0.2, 0.25) is 5.02 Å². The molecule has 0 unspecified atom stereocenters. The molecule has 0 fully saturated rings. The summed E-state index contributed by atoms with van der Waals surface area (Å²) in [7, 11) is 0. The molecule has 0 aliphatic rings. The third-order valence-corrected chi connectivity index (χ3v) is 3.88. The number of carboxylic acid groups (broad SMARTS) is 1. The van der Waals surface area contributed by atoms with E-state index >= 15 is 0 Å². The van der Waals surface area contributed by atoms with E-state index in [2.05, 4.69) is 10.1 Å². The second kappa shape index (κ2) is 4.86. The van der Waals surface area contributed by atoms with Gasteiger partial charge in [-0.3, -0.25) is 0 Å². The molecule has 106 valence electrons. The normalized spacial score (nSPS) is 11.0. The molecule has 1 aromatic carbocycles. The standard InChI is InChI=1S/C15H12ClN3O2/c1-8-13(16)9(2)19(18-8)14-11(15(20)21)7-10-5-3-4-6-12(10)17-14/h3-7H,1-2H3,(H,20,21). The molecule has 6 heteroatoms. The van der Waals surface area contributed by atoms with Gasteiger partial charge in [-0.1, -0.05) is 29.8 Å². The summed E-state index contributed by atoms with van der Waals surface area (Å²) in [4.78, 5) is 16.0. The maximum Gasteiger partial charge on any atom is 0.339 e. The molecule has 0 aliphatic heterocycles. The zero-order valence-electron chi connectivity index (χ0n) is 11.5. The monoisotopic (exact) mass is 301 g/mol. The molecular formula is C15H12ClN3O2. The van der Waals surface area contributed by atoms with Gasteiger partial charge in [0.05, 0.1) is 21.9 Å². The van der Waals surface area contributed by atoms with Crippen LogP contribution in [0, 0.1) is 13.8 Å². The van der Waals surface area contributed by atoms with Crippen LogP contribution in [0.3, 0.4) is 0 Å². The number of pyridine rings is 1. The van der Waals surface area contributed by atoms with E-state index in [1.54, 1.807) is 19.9 Å². The van der Waals surface area contributed by atoms with Crippen molar-refractivity contribution in [2.24, 2.45) is 0 Å². The zero-order valence-corrected chi connectivity index (χ0v) is 12.2. The van der Waals surface area contributed by atoms with Gasteiger partial charge >= 0.3 is 5.97 Å². The van der Waals surface area contributed by atoms with Gasteiger partial charge in [0, 0.05) is 5.39 Å². The number of benzene rings is 1. The molecule has 3 aromatic rings. The summed E-state index contributed by atoms with van der Waals surface area (Å²) in [6, 6.07) is 8.96. The molecule has 0 saturated carbocycles. The van der Waals surface area contributed by atoms with E-state index < -0.39 is 5.97 Å². The first kappa shape index (κ1) is 13.6. The highest BCUT2D eigenvalue weighted by Crippen LogP contribution is 2.25. The summed E-state index contributed by atoms with van der Waals surface area (Å²) in [5, 5.41) is 15.0. The van der Waals surface area contributed by atoms with Crippen molar-refractivity contribution < 1.29 is 9.90 Å². The van der Waals surface area contributed by atoms with Gasteiger partial charge in [-0.15, -0.1) is 0 Å². The summed E-state index contributed by atoms with van der Waals surface area (Å²) in [6.07, 6.45) is 0. The lowest BCUT2D eigenvalue weighted by atomic mass is 10.1. The first-order chi connectivity index (χ1) is 9.99. The summed E-state index contributed by atoms with van der Waals surface area (Å²) in [5.41, 5.74) is 2.11. The molecule has 0 spiro atoms. The van der Waals surface area contributed by atoms with E-state index in [4.69, 9.17) is 11.6 Å². The van der Waals surface area contributed by atoms with Crippen LogP contribution < -0.4 is 0 Å². The Labute approximate surface area is 125 Å². The minimum absolute atomic E-state index is 0.0935. The lowest BCUT2D eigenvalue weighted by Gasteiger charge is -2.09. The Bertz CT molecular complexity index is 871. The second-order valence-corrected chi connectivity index (χ2v) is 5.13. The Balaban J connectivity index is 2.36. The summed E-state index contributed by atoms with van der Waals surface area (Å²) in [6.45, 7) is 3.55. The van der Waals surface area contributed by atoms with E-state index in [9.17, 15) is 9.90 Å². The van der Waals surface area contributed by atoms with Crippen LogP contribution in [0.15, 0.2) is 30.3 Å². The van der Waals surface area contributed by atoms with Crippen molar-refractivity contribution in [3.8, 4) is 5.82 Å². The summed E-state index contributed by atoms with van der Waals surface area (Å²) < 4.78 is 1.48. The van der Waals surface area contributed by atoms with Crippen molar-refractivity contribution in [3.05, 3.63) is 52.3 Å². The second-order valence-electron chi connectivity index (χ2n) is 4.75. The van der Waals surface area contributed by atoms with Crippen LogP contribution in [0.1, 0.15) is 21.7 Å². The number of rotatable bonds is 2. The Kier molecular flexibility index (Phi) is 3.14. The van der Waals surface area contributed by atoms with Crippen LogP contribution >= 0.6 is 11.6 Å². The predicted molar refractivity (Wildman–Crippen MR) is 80.3 cm³/mol. The Hall–Kier alpha value is -2.40. The molecular weight excluding hydrogens is 290 g/mol. The molecule has 0 atom stereocenters. The fraction of sp³-hybridized carbons (Fsp3) is 0.133. The fourth-order valence-electron chi connectivity index (χ4n) is 2.25. The molecule has 0 radical (unpaired) electrons. The van der Waals surface area contributed by atoms with Gasteiger partial charge in [0.1, 0.15) is 5.56 Å². The number of carbonyl (C=O) groups is 1. The molecule has 3 rings (SSSR count). The maximum atomic E-state index is 11.5. The minimum Gasteiger partial charge on any atom is -0.478 e. The van der Waals surface area contributed by atoms with Crippen LogP contribution in [0.4, 0.5) is 0 Å². The number of fused-ring (bicyclic) bond motifs is 1. The highest BCUT2D eigenvalue weighted by molar-refractivity contribution is 6.31. The highest BCUT2D eigenvalue weighted by Gasteiger charge is 2.19. The van der Waals surface area contributed by atoms with Crippen molar-refractivity contribution in [1.29, 1.82) is 0 Å². The smallest absolute Gasteiger partial charge is 0.339 e. The van der Waals surface area contributed by atoms with Crippen LogP contribution in [-0.2, 0) is 0 Å². The Morgan fingerprint density at radius 2 is 2.00 bits per heavy atom. The zero-order chi connectivity index (χ0) is 15.1. The minimum atomic E-state index is -1.05. The third-order valence-electron chi connectivity index (χ3n) is 3.34. The largest absolute Gasteiger partial charge is 0.478 e. The SMILES string of the molecule is Cc1nn(-c2nc3ccccc3cc2C(=O)O)c(C)c1Cl. The van der Waals surface area contributed by atoms with E-state index in [1.165, 1.54) is 4.68 Å². The number of nitrogens with zero attached hydrogens (tertiary/aromatic N) is 3. The van der Waals surface area contributed by atoms with Gasteiger partial charge in [0.25, 0.3) is 0 Å².